The molecule has 41 heavy (non-hydrogen) atoms. The van der Waals surface area contributed by atoms with Gasteiger partial charge >= 0.3 is 0 Å². The van der Waals surface area contributed by atoms with Crippen LogP contribution < -0.4 is 15.8 Å². The molecule has 0 saturated carbocycles. The van der Waals surface area contributed by atoms with Gasteiger partial charge in [0.05, 0.1) is 5.69 Å². The summed E-state index contributed by atoms with van der Waals surface area (Å²) in [5, 5.41) is 19.3. The molecule has 2 nitrogen and oxygen atoms in total. The summed E-state index contributed by atoms with van der Waals surface area (Å²) in [5.74, 6) is 1.13. The van der Waals surface area contributed by atoms with Gasteiger partial charge in [-0.05, 0) is 59.6 Å². The topological polar surface area (TPSA) is 32.3 Å². The second kappa shape index (κ2) is 16.3. The molecule has 2 heteroatoms. The quantitative estimate of drug-likeness (QED) is 0.253. The van der Waals surface area contributed by atoms with Crippen molar-refractivity contribution in [1.82, 2.24) is 0 Å². The predicted octanol–water partition coefficient (Wildman–Crippen LogP) is 9.80. The first-order valence-corrected chi connectivity index (χ1v) is 15.2. The normalized spacial score (nSPS) is 14.1. The van der Waals surface area contributed by atoms with Gasteiger partial charge in [0.2, 0.25) is 0 Å². The fraction of sp³-hybridized carbons (Fsp3) is 0.282. The lowest BCUT2D eigenvalue weighted by molar-refractivity contribution is 0.467. The zero-order valence-corrected chi connectivity index (χ0v) is 25.7. The van der Waals surface area contributed by atoms with Crippen LogP contribution in [0.25, 0.3) is 22.9 Å². The minimum Gasteiger partial charge on any atom is -0.508 e. The van der Waals surface area contributed by atoms with Crippen molar-refractivity contribution >= 4 is 28.6 Å². The fourth-order valence-electron chi connectivity index (χ4n) is 5.12. The standard InChI is InChI=1S/C28H29NO.C9H12.C2H6/c1-3-20-12-8-9-13-22(20)18-21(4-2)28-25-17-11-10-16-24(25)26(19-27(28)30)29-23-14-6-5-7-15-23;1-8(2)9-6-4-3-5-7-9;1-2/h3,6,8-19,21,29-30H,4-5,7H2,1-2H3;3-8H,1-2H3;1-2H3/b20-3-,22-18-;;. The van der Waals surface area contributed by atoms with Crippen LogP contribution >= 0.6 is 0 Å². The van der Waals surface area contributed by atoms with Gasteiger partial charge in [0.15, 0.2) is 0 Å². The van der Waals surface area contributed by atoms with Crippen LogP contribution in [0.2, 0.25) is 0 Å². The third-order valence-electron chi connectivity index (χ3n) is 7.30. The van der Waals surface area contributed by atoms with Gasteiger partial charge < -0.3 is 10.4 Å². The maximum Gasteiger partial charge on any atom is 0.122 e. The van der Waals surface area contributed by atoms with Crippen LogP contribution in [0.15, 0.2) is 109 Å². The number of aromatic hydroxyl groups is 1. The Bertz CT molecular complexity index is 1560. The van der Waals surface area contributed by atoms with Crippen molar-refractivity contribution in [3.63, 3.8) is 0 Å². The maximum absolute atomic E-state index is 11.1. The molecule has 1 atom stereocenters. The van der Waals surface area contributed by atoms with E-state index < -0.39 is 0 Å². The SMILES string of the molecule is C/C=c1/cccc/c1=C/C(CC)c1c(O)cc(NC2=CCCC=C2)c2ccccc12.CC.CC(C)c1ccccc1. The predicted molar refractivity (Wildman–Crippen MR) is 181 cm³/mol. The highest BCUT2D eigenvalue weighted by Crippen LogP contribution is 2.40. The van der Waals surface area contributed by atoms with E-state index in [9.17, 15) is 5.11 Å². The van der Waals surface area contributed by atoms with E-state index in [2.05, 4.69) is 136 Å². The van der Waals surface area contributed by atoms with E-state index in [4.69, 9.17) is 0 Å². The molecule has 0 bridgehead atoms. The minimum atomic E-state index is 0.124. The highest BCUT2D eigenvalue weighted by Gasteiger charge is 2.18. The van der Waals surface area contributed by atoms with E-state index in [0.29, 0.717) is 11.7 Å². The molecule has 4 aromatic carbocycles. The van der Waals surface area contributed by atoms with Gasteiger partial charge in [-0.1, -0.05) is 138 Å². The Kier molecular flexibility index (Phi) is 12.5. The smallest absolute Gasteiger partial charge is 0.122 e. The van der Waals surface area contributed by atoms with Crippen LogP contribution in [0.1, 0.15) is 83.8 Å². The second-order valence-corrected chi connectivity index (χ2v) is 10.3. The van der Waals surface area contributed by atoms with Gasteiger partial charge in [-0.15, -0.1) is 0 Å². The number of allylic oxidation sites excluding steroid dienone is 3. The van der Waals surface area contributed by atoms with Gasteiger partial charge in [-0.2, -0.15) is 0 Å². The summed E-state index contributed by atoms with van der Waals surface area (Å²) in [5.41, 5.74) is 4.45. The highest BCUT2D eigenvalue weighted by molar-refractivity contribution is 5.99. The number of hydrogen-bond donors (Lipinski definition) is 2. The molecule has 0 aromatic heterocycles. The first-order chi connectivity index (χ1) is 20.0. The van der Waals surface area contributed by atoms with E-state index in [1.807, 2.05) is 26.0 Å². The van der Waals surface area contributed by atoms with Crippen molar-refractivity contribution in [3.05, 3.63) is 130 Å². The van der Waals surface area contributed by atoms with Gasteiger partial charge in [0.25, 0.3) is 0 Å². The van der Waals surface area contributed by atoms with E-state index in [1.165, 1.54) is 16.0 Å². The molecule has 1 unspecified atom stereocenters. The molecule has 4 aromatic rings. The molecule has 0 amide bonds. The molecule has 0 saturated heterocycles. The van der Waals surface area contributed by atoms with Gasteiger partial charge in [-0.3, -0.25) is 0 Å². The van der Waals surface area contributed by atoms with E-state index >= 15 is 0 Å². The molecule has 0 radical (unpaired) electrons. The highest BCUT2D eigenvalue weighted by atomic mass is 16.3. The Balaban J connectivity index is 0.000000355. The summed E-state index contributed by atoms with van der Waals surface area (Å²) in [6, 6.07) is 29.2. The number of phenols is 1. The number of rotatable bonds is 6. The Morgan fingerprint density at radius 1 is 0.829 bits per heavy atom. The second-order valence-electron chi connectivity index (χ2n) is 10.3. The average Bonchev–Trinajstić information content (AvgIpc) is 3.03. The third-order valence-corrected chi connectivity index (χ3v) is 7.30. The minimum absolute atomic E-state index is 0.124. The molecule has 214 valence electrons. The van der Waals surface area contributed by atoms with Crippen LogP contribution in [0.3, 0.4) is 0 Å². The number of fused-ring (bicyclic) bond motifs is 1. The Morgan fingerprint density at radius 3 is 2.05 bits per heavy atom. The van der Waals surface area contributed by atoms with E-state index in [-0.39, 0.29) is 5.92 Å². The molecule has 5 rings (SSSR count). The molecule has 1 aliphatic carbocycles. The van der Waals surface area contributed by atoms with Crippen LogP contribution in [-0.4, -0.2) is 5.11 Å². The monoisotopic (exact) mass is 545 g/mol. The Labute approximate surface area is 247 Å². The lowest BCUT2D eigenvalue weighted by atomic mass is 9.88. The first kappa shape index (κ1) is 31.5. The van der Waals surface area contributed by atoms with Crippen molar-refractivity contribution in [1.29, 1.82) is 0 Å². The average molecular weight is 546 g/mol. The lowest BCUT2D eigenvalue weighted by Crippen LogP contribution is -2.24. The summed E-state index contributed by atoms with van der Waals surface area (Å²) in [6.07, 6.45) is 14.0. The largest absolute Gasteiger partial charge is 0.508 e. The number of hydrogen-bond acceptors (Lipinski definition) is 2. The Morgan fingerprint density at radius 2 is 1.46 bits per heavy atom. The van der Waals surface area contributed by atoms with Crippen molar-refractivity contribution < 1.29 is 5.11 Å². The molecular weight excluding hydrogens is 498 g/mol. The summed E-state index contributed by atoms with van der Waals surface area (Å²) in [7, 11) is 0. The number of phenolic OH excluding ortho intramolecular Hbond substituents is 1. The first-order valence-electron chi connectivity index (χ1n) is 15.2. The summed E-state index contributed by atoms with van der Waals surface area (Å²) in [6.45, 7) is 12.7. The molecule has 0 fully saturated rings. The molecular formula is C39H47NO. The van der Waals surface area contributed by atoms with Crippen LogP contribution in [0.5, 0.6) is 5.75 Å². The summed E-state index contributed by atoms with van der Waals surface area (Å²) < 4.78 is 0. The zero-order chi connectivity index (χ0) is 29.6. The third kappa shape index (κ3) is 8.47. The van der Waals surface area contributed by atoms with Crippen molar-refractivity contribution in [2.24, 2.45) is 0 Å². The van der Waals surface area contributed by atoms with E-state index in [1.54, 1.807) is 0 Å². The van der Waals surface area contributed by atoms with Crippen LogP contribution in [-0.2, 0) is 0 Å². The van der Waals surface area contributed by atoms with Crippen LogP contribution in [0.4, 0.5) is 5.69 Å². The zero-order valence-electron chi connectivity index (χ0n) is 25.7. The van der Waals surface area contributed by atoms with Crippen molar-refractivity contribution in [3.8, 4) is 5.75 Å². The van der Waals surface area contributed by atoms with Gasteiger partial charge in [-0.25, -0.2) is 0 Å². The molecule has 2 N–H and O–H groups in total. The van der Waals surface area contributed by atoms with Crippen molar-refractivity contribution in [2.75, 3.05) is 5.32 Å². The number of anilines is 1. The maximum atomic E-state index is 11.1. The molecule has 1 aliphatic rings. The Hall–Kier alpha value is -4.04. The summed E-state index contributed by atoms with van der Waals surface area (Å²) >= 11 is 0. The number of benzene rings is 4. The fourth-order valence-corrected chi connectivity index (χ4v) is 5.12. The van der Waals surface area contributed by atoms with Crippen molar-refractivity contribution in [2.45, 2.75) is 72.6 Å². The van der Waals surface area contributed by atoms with Crippen LogP contribution in [0, 0.1) is 0 Å². The van der Waals surface area contributed by atoms with E-state index in [0.717, 1.165) is 47.0 Å². The molecule has 0 spiro atoms. The summed E-state index contributed by atoms with van der Waals surface area (Å²) in [4.78, 5) is 0. The molecule has 0 aliphatic heterocycles. The number of nitrogens with one attached hydrogen (secondary N) is 1. The molecule has 0 heterocycles. The van der Waals surface area contributed by atoms with Gasteiger partial charge in [0, 0.05) is 28.6 Å². The lowest BCUT2D eigenvalue weighted by Gasteiger charge is -2.20. The van der Waals surface area contributed by atoms with Gasteiger partial charge in [0.1, 0.15) is 5.75 Å².